The van der Waals surface area contributed by atoms with Crippen LogP contribution in [0.1, 0.15) is 0 Å². The average Bonchev–Trinajstić information content (AvgIpc) is 2.92. The Balaban J connectivity index is 1.73. The van der Waals surface area contributed by atoms with Crippen LogP contribution in [0.15, 0.2) is 135 Å². The van der Waals surface area contributed by atoms with Gasteiger partial charge in [-0.05, 0) is 188 Å². The van der Waals surface area contributed by atoms with Crippen LogP contribution in [0.3, 0.4) is 0 Å². The van der Waals surface area contributed by atoms with E-state index in [0.717, 1.165) is 19.6 Å². The van der Waals surface area contributed by atoms with Crippen LogP contribution in [-0.4, -0.2) is 0 Å². The molecule has 44 heavy (non-hydrogen) atoms. The topological polar surface area (TPSA) is 49.4 Å². The predicted molar refractivity (Wildman–Crippen MR) is 210 cm³/mol. The van der Waals surface area contributed by atoms with Gasteiger partial charge in [0.2, 0.25) is 11.2 Å². The van der Waals surface area contributed by atoms with Crippen molar-refractivity contribution in [1.82, 2.24) is 0 Å². The van der Waals surface area contributed by atoms with Gasteiger partial charge in [-0.3, -0.25) is 0 Å². The van der Waals surface area contributed by atoms with Crippen molar-refractivity contribution >= 4 is 160 Å². The van der Waals surface area contributed by atoms with Gasteiger partial charge in [-0.1, -0.05) is 46.4 Å². The highest BCUT2D eigenvalue weighted by molar-refractivity contribution is 8.93. The van der Waals surface area contributed by atoms with E-state index in [1.165, 1.54) is 45.5 Å². The summed E-state index contributed by atoms with van der Waals surface area (Å²) in [7, 11) is 0. The quantitative estimate of drug-likeness (QED) is 0.165. The van der Waals surface area contributed by atoms with Crippen molar-refractivity contribution < 1.29 is 0 Å². The van der Waals surface area contributed by atoms with Crippen LogP contribution in [0, 0.1) is 0 Å². The summed E-state index contributed by atoms with van der Waals surface area (Å²) in [6.07, 6.45) is 0. The molecule has 5 rings (SSSR count). The van der Waals surface area contributed by atoms with Crippen LogP contribution in [0.2, 0.25) is 20.1 Å². The third kappa shape index (κ3) is 10.8. The summed E-state index contributed by atoms with van der Waals surface area (Å²) in [5, 5.41) is 2.35. The summed E-state index contributed by atoms with van der Waals surface area (Å²) in [4.78, 5) is 3.30. The van der Waals surface area contributed by atoms with Gasteiger partial charge in [0.1, 0.15) is 0 Å². The Hall–Kier alpha value is 1.52. The molecule has 0 bridgehead atoms. The second-order valence-corrected chi connectivity index (χ2v) is 35.8. The standard InChI is InChI=1S/C24H16Cl8N4P4S4/c25-17-1-9-21(10-2-17)41-39(42-22-11-3-18(26)4-12-22)33-37(29,30)35-40(36-38(31,32)34-39,43-23-13-5-19(27)6-14-23)44-24-15-7-20(28)8-16-24/h1-16H. The summed E-state index contributed by atoms with van der Waals surface area (Å²) in [6.45, 7) is 0. The van der Waals surface area contributed by atoms with Crippen LogP contribution >= 0.6 is 160 Å². The van der Waals surface area contributed by atoms with E-state index < -0.39 is 23.0 Å². The average molecular weight is 896 g/mol. The van der Waals surface area contributed by atoms with Gasteiger partial charge in [-0.25, -0.2) is 0 Å². The molecule has 0 saturated heterocycles. The highest BCUT2D eigenvalue weighted by Gasteiger charge is 2.38. The molecule has 0 radical (unpaired) electrons. The minimum atomic E-state index is -3.47. The van der Waals surface area contributed by atoms with Crippen molar-refractivity contribution in [3.8, 4) is 0 Å². The molecule has 0 spiro atoms. The first-order chi connectivity index (χ1) is 20.7. The van der Waals surface area contributed by atoms with Crippen LogP contribution in [0.25, 0.3) is 0 Å². The molecule has 20 heteroatoms. The van der Waals surface area contributed by atoms with Crippen molar-refractivity contribution in [2.75, 3.05) is 0 Å². The highest BCUT2D eigenvalue weighted by atomic mass is 35.9. The first-order valence-corrected chi connectivity index (χ1v) is 29.5. The number of benzene rings is 4. The zero-order valence-electron chi connectivity index (χ0n) is 21.5. The maximum absolute atomic E-state index is 7.14. The molecule has 1 heterocycles. The van der Waals surface area contributed by atoms with Gasteiger partial charge in [-0.15, -0.1) is 0 Å². The molecule has 1 aliphatic rings. The molecule has 4 aromatic carbocycles. The van der Waals surface area contributed by atoms with Crippen LogP contribution in [-0.2, 0) is 0 Å². The van der Waals surface area contributed by atoms with Gasteiger partial charge in [0, 0.05) is 39.7 Å². The Morgan fingerprint density at radius 2 is 0.545 bits per heavy atom. The molecule has 0 amide bonds. The maximum atomic E-state index is 7.14. The van der Waals surface area contributed by atoms with E-state index >= 15 is 0 Å². The summed E-state index contributed by atoms with van der Waals surface area (Å²) in [5.41, 5.74) is -6.14. The minimum absolute atomic E-state index is 0.588. The fraction of sp³-hybridized carbons (Fsp3) is 0. The number of hydrogen-bond acceptors (Lipinski definition) is 8. The lowest BCUT2D eigenvalue weighted by atomic mass is 10.4. The normalized spacial score (nSPS) is 18.0. The molecule has 4 nitrogen and oxygen atoms in total. The predicted octanol–water partition coefficient (Wildman–Crippen LogP) is 18.5. The van der Waals surface area contributed by atoms with Crippen LogP contribution in [0.5, 0.6) is 0 Å². The number of nitrogens with zero attached hydrogens (tertiary/aromatic N) is 4. The Bertz CT molecular complexity index is 1640. The lowest BCUT2D eigenvalue weighted by molar-refractivity contribution is 1.47. The molecule has 0 atom stereocenters. The Kier molecular flexibility index (Phi) is 13.0. The van der Waals surface area contributed by atoms with Crippen molar-refractivity contribution in [2.24, 2.45) is 18.1 Å². The minimum Gasteiger partial charge on any atom is -0.193 e. The molecule has 232 valence electrons. The van der Waals surface area contributed by atoms with E-state index in [4.69, 9.17) is 109 Å². The Morgan fingerprint density at radius 3 is 0.750 bits per heavy atom. The van der Waals surface area contributed by atoms with Crippen molar-refractivity contribution in [3.05, 3.63) is 117 Å². The Morgan fingerprint density at radius 1 is 0.341 bits per heavy atom. The van der Waals surface area contributed by atoms with Gasteiger partial charge in [0.05, 0.1) is 0 Å². The number of hydrogen-bond donors (Lipinski definition) is 0. The summed E-state index contributed by atoms with van der Waals surface area (Å²) >= 11 is 58.8. The zero-order valence-corrected chi connectivity index (χ0v) is 34.4. The van der Waals surface area contributed by atoms with Gasteiger partial charge in [0.25, 0.3) is 11.8 Å². The molecule has 0 N–H and O–H groups in total. The summed E-state index contributed by atoms with van der Waals surface area (Å²) < 4.78 is 20.3. The van der Waals surface area contributed by atoms with E-state index in [-0.39, 0.29) is 0 Å². The molecule has 0 saturated carbocycles. The van der Waals surface area contributed by atoms with Crippen molar-refractivity contribution in [1.29, 1.82) is 0 Å². The number of halogens is 8. The van der Waals surface area contributed by atoms with Gasteiger partial charge >= 0.3 is 0 Å². The first-order valence-electron chi connectivity index (χ1n) is 11.9. The Labute approximate surface area is 311 Å². The maximum Gasteiger partial charge on any atom is 0.256 e. The lowest BCUT2D eigenvalue weighted by Gasteiger charge is -2.28. The molecule has 0 aromatic heterocycles. The van der Waals surface area contributed by atoms with Crippen molar-refractivity contribution in [3.63, 3.8) is 0 Å². The van der Waals surface area contributed by atoms with Gasteiger partial charge in [-0.2, -0.15) is 18.1 Å². The second kappa shape index (κ2) is 15.6. The zero-order chi connectivity index (χ0) is 31.6. The molecule has 4 aromatic rings. The van der Waals surface area contributed by atoms with Gasteiger partial charge in [0.15, 0.2) is 0 Å². The second-order valence-electron chi connectivity index (χ2n) is 8.43. The van der Waals surface area contributed by atoms with Crippen LogP contribution in [0.4, 0.5) is 0 Å². The molecule has 0 unspecified atom stereocenters. The first kappa shape index (κ1) is 36.8. The van der Waals surface area contributed by atoms with E-state index in [2.05, 4.69) is 0 Å². The third-order valence-electron chi connectivity index (χ3n) is 5.03. The van der Waals surface area contributed by atoms with Crippen LogP contribution < -0.4 is 0 Å². The van der Waals surface area contributed by atoms with E-state index in [1.54, 1.807) is 48.5 Å². The number of rotatable bonds is 8. The molecule has 0 fully saturated rings. The fourth-order valence-corrected chi connectivity index (χ4v) is 45.2. The molecule has 0 aliphatic carbocycles. The van der Waals surface area contributed by atoms with E-state index in [9.17, 15) is 0 Å². The summed E-state index contributed by atoms with van der Waals surface area (Å²) in [5.74, 6) is -6.95. The van der Waals surface area contributed by atoms with E-state index in [0.29, 0.717) is 20.1 Å². The summed E-state index contributed by atoms with van der Waals surface area (Å²) in [6, 6.07) is 29.2. The molecular weight excluding hydrogens is 880 g/mol. The third-order valence-corrected chi connectivity index (χ3v) is 34.2. The molecular formula is C24H16Cl8N4P4S4. The van der Waals surface area contributed by atoms with Crippen molar-refractivity contribution in [2.45, 2.75) is 19.6 Å². The fourth-order valence-electron chi connectivity index (χ4n) is 3.33. The lowest BCUT2D eigenvalue weighted by Crippen LogP contribution is -1.78. The van der Waals surface area contributed by atoms with Gasteiger partial charge < -0.3 is 0 Å². The molecule has 1 aliphatic heterocycles. The SMILES string of the molecule is Clc1ccc(SP2(Sc3ccc(Cl)cc3)=NP(Cl)(Cl)=NP(Sc3ccc(Cl)cc3)(Sc3ccc(Cl)cc3)=NP(Cl)(Cl)=N2)cc1. The monoisotopic (exact) mass is 892 g/mol. The highest BCUT2D eigenvalue weighted by Crippen LogP contribution is 2.95. The smallest absolute Gasteiger partial charge is 0.193 e. The van der Waals surface area contributed by atoms with E-state index in [1.807, 2.05) is 48.5 Å². The largest absolute Gasteiger partial charge is 0.256 e.